The van der Waals surface area contributed by atoms with Crippen LogP contribution < -0.4 is 20.3 Å². The first kappa shape index (κ1) is 20.8. The molecule has 0 aliphatic carbocycles. The van der Waals surface area contributed by atoms with E-state index in [0.29, 0.717) is 23.5 Å². The molecule has 0 radical (unpaired) electrons. The molecule has 0 saturated carbocycles. The fraction of sp³-hybridized carbons (Fsp3) is 0.500. The second-order valence-corrected chi connectivity index (χ2v) is 8.39. The quantitative estimate of drug-likeness (QED) is 0.578. The van der Waals surface area contributed by atoms with Crippen LogP contribution in [-0.4, -0.2) is 42.7 Å². The third kappa shape index (κ3) is 6.05. The molecule has 0 amide bonds. The van der Waals surface area contributed by atoms with Crippen LogP contribution in [0, 0.1) is 11.7 Å². The van der Waals surface area contributed by atoms with Gasteiger partial charge in [-0.15, -0.1) is 0 Å². The van der Waals surface area contributed by atoms with Crippen LogP contribution in [-0.2, 0) is 0 Å². The molecule has 6 nitrogen and oxygen atoms in total. The van der Waals surface area contributed by atoms with Crippen molar-refractivity contribution in [2.24, 2.45) is 5.92 Å². The van der Waals surface area contributed by atoms with Crippen molar-refractivity contribution in [3.05, 3.63) is 36.4 Å². The molecule has 0 spiro atoms. The number of nitrogens with zero attached hydrogens (tertiary/aromatic N) is 3. The molecule has 1 aliphatic rings. The second-order valence-electron chi connectivity index (χ2n) is 7.48. The fourth-order valence-corrected chi connectivity index (χ4v) is 3.82. The van der Waals surface area contributed by atoms with Crippen molar-refractivity contribution in [2.45, 2.75) is 37.6 Å². The lowest BCUT2D eigenvalue weighted by Crippen LogP contribution is -2.34. The smallest absolute Gasteiger partial charge is 0.147 e. The summed E-state index contributed by atoms with van der Waals surface area (Å²) >= 11 is 1.43. The van der Waals surface area contributed by atoms with Crippen molar-refractivity contribution in [2.75, 3.05) is 36.9 Å². The lowest BCUT2D eigenvalue weighted by molar-refractivity contribution is 0.377. The molecule has 3 rings (SSSR count). The maximum absolute atomic E-state index is 14.5. The molecule has 152 valence electrons. The Balaban J connectivity index is 1.63. The fourth-order valence-electron chi connectivity index (χ4n) is 3.15. The van der Waals surface area contributed by atoms with Crippen molar-refractivity contribution in [1.29, 1.82) is 0 Å². The molecule has 1 fully saturated rings. The Hall–Kier alpha value is -1.90. The van der Waals surface area contributed by atoms with Crippen molar-refractivity contribution in [3.63, 3.8) is 0 Å². The van der Waals surface area contributed by atoms with Gasteiger partial charge in [0.05, 0.1) is 5.69 Å². The van der Waals surface area contributed by atoms with Crippen molar-refractivity contribution < 1.29 is 4.39 Å². The standard InChI is InChI=1S/C20H29FN6S/c1-14(2)26-28-16-4-5-18(17(21)10-16)25-19-11-20(24-13-23-19)27(3)12-15-6-8-22-9-7-15/h4-5,10-11,13-15,22,26H,6-9,12H2,1-3H3,(H,23,24,25). The molecule has 28 heavy (non-hydrogen) atoms. The van der Waals surface area contributed by atoms with Crippen molar-refractivity contribution in [3.8, 4) is 0 Å². The normalized spacial score (nSPS) is 15.0. The van der Waals surface area contributed by atoms with E-state index in [1.54, 1.807) is 6.07 Å². The third-order valence-electron chi connectivity index (χ3n) is 4.65. The summed E-state index contributed by atoms with van der Waals surface area (Å²) in [5, 5.41) is 6.46. The Bertz CT molecular complexity index is 766. The maximum Gasteiger partial charge on any atom is 0.147 e. The predicted molar refractivity (Wildman–Crippen MR) is 115 cm³/mol. The molecule has 1 saturated heterocycles. The van der Waals surface area contributed by atoms with E-state index in [9.17, 15) is 4.39 Å². The highest BCUT2D eigenvalue weighted by atomic mass is 32.2. The molecule has 2 heterocycles. The second kappa shape index (κ2) is 10.0. The number of piperidine rings is 1. The molecule has 3 N–H and O–H groups in total. The summed E-state index contributed by atoms with van der Waals surface area (Å²) < 4.78 is 17.7. The van der Waals surface area contributed by atoms with Gasteiger partial charge in [-0.3, -0.25) is 4.72 Å². The number of hydrogen-bond donors (Lipinski definition) is 3. The third-order valence-corrected chi connectivity index (χ3v) is 5.73. The summed E-state index contributed by atoms with van der Waals surface area (Å²) in [6.07, 6.45) is 3.88. The molecule has 8 heteroatoms. The number of aromatic nitrogens is 2. The lowest BCUT2D eigenvalue weighted by atomic mass is 9.98. The Labute approximate surface area is 170 Å². The maximum atomic E-state index is 14.5. The first-order valence-corrected chi connectivity index (χ1v) is 10.6. The number of hydrogen-bond acceptors (Lipinski definition) is 7. The Morgan fingerprint density at radius 1 is 1.25 bits per heavy atom. The number of halogens is 1. The van der Waals surface area contributed by atoms with E-state index < -0.39 is 0 Å². The summed E-state index contributed by atoms with van der Waals surface area (Å²) in [5.41, 5.74) is 0.402. The number of rotatable bonds is 8. The highest BCUT2D eigenvalue weighted by Crippen LogP contribution is 2.25. The average Bonchev–Trinajstić information content (AvgIpc) is 2.69. The average molecular weight is 405 g/mol. The zero-order valence-electron chi connectivity index (χ0n) is 16.7. The Morgan fingerprint density at radius 2 is 2.04 bits per heavy atom. The Morgan fingerprint density at radius 3 is 2.75 bits per heavy atom. The molecule has 1 aromatic carbocycles. The van der Waals surface area contributed by atoms with Gasteiger partial charge in [-0.05, 0) is 75.8 Å². The number of benzene rings is 1. The van der Waals surface area contributed by atoms with Gasteiger partial charge >= 0.3 is 0 Å². The molecule has 0 unspecified atom stereocenters. The van der Waals surface area contributed by atoms with E-state index >= 15 is 0 Å². The molecular weight excluding hydrogens is 375 g/mol. The summed E-state index contributed by atoms with van der Waals surface area (Å²) in [7, 11) is 2.04. The molecule has 2 aromatic rings. The minimum atomic E-state index is -0.307. The van der Waals surface area contributed by atoms with E-state index in [0.717, 1.165) is 30.3 Å². The van der Waals surface area contributed by atoms with E-state index in [4.69, 9.17) is 0 Å². The SMILES string of the molecule is CC(C)NSc1ccc(Nc2cc(N(C)CC3CCNCC3)ncn2)c(F)c1. The lowest BCUT2D eigenvalue weighted by Gasteiger charge is -2.28. The van der Waals surface area contributed by atoms with Gasteiger partial charge in [0.25, 0.3) is 0 Å². The van der Waals surface area contributed by atoms with Crippen LogP contribution in [0.4, 0.5) is 21.7 Å². The van der Waals surface area contributed by atoms with Gasteiger partial charge in [-0.1, -0.05) is 0 Å². The van der Waals surface area contributed by atoms with Crippen LogP contribution in [0.5, 0.6) is 0 Å². The molecule has 1 aliphatic heterocycles. The summed E-state index contributed by atoms with van der Waals surface area (Å²) in [6.45, 7) is 7.22. The summed E-state index contributed by atoms with van der Waals surface area (Å²) in [6, 6.07) is 7.33. The van der Waals surface area contributed by atoms with Gasteiger partial charge in [0, 0.05) is 30.6 Å². The van der Waals surface area contributed by atoms with E-state index in [-0.39, 0.29) is 5.82 Å². The topological polar surface area (TPSA) is 65.1 Å². The largest absolute Gasteiger partial charge is 0.359 e. The van der Waals surface area contributed by atoms with Crippen LogP contribution in [0.2, 0.25) is 0 Å². The van der Waals surface area contributed by atoms with E-state index in [1.165, 1.54) is 37.2 Å². The van der Waals surface area contributed by atoms with Gasteiger partial charge in [-0.25, -0.2) is 14.4 Å². The van der Waals surface area contributed by atoms with Gasteiger partial charge in [0.2, 0.25) is 0 Å². The molecular formula is C20H29FN6S. The molecule has 0 bridgehead atoms. The van der Waals surface area contributed by atoms with Gasteiger partial charge < -0.3 is 15.5 Å². The van der Waals surface area contributed by atoms with Crippen LogP contribution >= 0.6 is 11.9 Å². The summed E-state index contributed by atoms with van der Waals surface area (Å²) in [4.78, 5) is 11.6. The van der Waals surface area contributed by atoms with E-state index in [2.05, 4.69) is 30.2 Å². The first-order chi connectivity index (χ1) is 13.5. The zero-order valence-corrected chi connectivity index (χ0v) is 17.5. The van der Waals surface area contributed by atoms with Gasteiger partial charge in [0.1, 0.15) is 23.8 Å². The number of nitrogens with one attached hydrogen (secondary N) is 3. The predicted octanol–water partition coefficient (Wildman–Crippen LogP) is 3.80. The monoisotopic (exact) mass is 404 g/mol. The summed E-state index contributed by atoms with van der Waals surface area (Å²) in [5.74, 6) is 1.78. The van der Waals surface area contributed by atoms with Crippen LogP contribution in [0.3, 0.4) is 0 Å². The van der Waals surface area contributed by atoms with Crippen LogP contribution in [0.25, 0.3) is 0 Å². The van der Waals surface area contributed by atoms with E-state index in [1.807, 2.05) is 33.0 Å². The zero-order chi connectivity index (χ0) is 19.9. The van der Waals surface area contributed by atoms with Crippen LogP contribution in [0.15, 0.2) is 35.5 Å². The van der Waals surface area contributed by atoms with Crippen molar-refractivity contribution in [1.82, 2.24) is 20.0 Å². The van der Waals surface area contributed by atoms with Crippen molar-refractivity contribution >= 4 is 29.3 Å². The molecule has 1 aromatic heterocycles. The Kier molecular flexibility index (Phi) is 7.47. The number of anilines is 3. The highest BCUT2D eigenvalue weighted by Gasteiger charge is 2.16. The van der Waals surface area contributed by atoms with Gasteiger partial charge in [-0.2, -0.15) is 0 Å². The molecule has 0 atom stereocenters. The minimum absolute atomic E-state index is 0.307. The van der Waals surface area contributed by atoms with Gasteiger partial charge in [0.15, 0.2) is 0 Å². The highest BCUT2D eigenvalue weighted by molar-refractivity contribution is 7.97. The first-order valence-electron chi connectivity index (χ1n) is 9.74. The minimum Gasteiger partial charge on any atom is -0.359 e. The van der Waals surface area contributed by atoms with Crippen LogP contribution in [0.1, 0.15) is 26.7 Å².